The summed E-state index contributed by atoms with van der Waals surface area (Å²) in [6, 6.07) is 7.49. The van der Waals surface area contributed by atoms with Gasteiger partial charge in [0.05, 0.1) is 16.6 Å². The van der Waals surface area contributed by atoms with Crippen LogP contribution in [0.3, 0.4) is 0 Å². The predicted molar refractivity (Wildman–Crippen MR) is 79.6 cm³/mol. The molecule has 0 aliphatic heterocycles. The third-order valence-electron chi connectivity index (χ3n) is 3.31. The molecule has 0 spiro atoms. The summed E-state index contributed by atoms with van der Waals surface area (Å²) >= 11 is 1.48. The number of aromatic amines is 1. The lowest BCUT2D eigenvalue weighted by atomic mass is 10.1. The molecule has 0 fully saturated rings. The van der Waals surface area contributed by atoms with E-state index in [-0.39, 0.29) is 5.43 Å². The summed E-state index contributed by atoms with van der Waals surface area (Å²) in [4.78, 5) is 20.2. The molecule has 0 bridgehead atoms. The highest BCUT2D eigenvalue weighted by atomic mass is 32.1. The molecular weight excluding hydrogens is 272 g/mol. The molecule has 1 aromatic carbocycles. The zero-order valence-corrected chi connectivity index (χ0v) is 11.4. The molecule has 20 heavy (non-hydrogen) atoms. The summed E-state index contributed by atoms with van der Waals surface area (Å²) in [6.45, 7) is 1.84. The molecule has 0 aliphatic rings. The molecular formula is C14H10N4OS. The predicted octanol–water partition coefficient (Wildman–Crippen LogP) is 2.63. The van der Waals surface area contributed by atoms with Crippen molar-refractivity contribution in [3.8, 4) is 5.13 Å². The van der Waals surface area contributed by atoms with Crippen molar-refractivity contribution in [3.63, 3.8) is 0 Å². The number of nitrogens with zero attached hydrogens (tertiary/aromatic N) is 3. The zero-order chi connectivity index (χ0) is 13.7. The minimum Gasteiger partial charge on any atom is -0.339 e. The molecule has 0 radical (unpaired) electrons. The molecule has 0 atom stereocenters. The van der Waals surface area contributed by atoms with Gasteiger partial charge in [-0.2, -0.15) is 9.78 Å². The molecule has 0 saturated heterocycles. The van der Waals surface area contributed by atoms with Crippen LogP contribution in [0.1, 0.15) is 5.69 Å². The first-order chi connectivity index (χ1) is 9.75. The molecule has 0 saturated carbocycles. The third kappa shape index (κ3) is 1.45. The van der Waals surface area contributed by atoms with Crippen LogP contribution in [0.15, 0.2) is 40.6 Å². The number of hydrogen-bond acceptors (Lipinski definition) is 4. The molecule has 0 unspecified atom stereocenters. The second kappa shape index (κ2) is 4.01. The van der Waals surface area contributed by atoms with Gasteiger partial charge < -0.3 is 4.98 Å². The largest absolute Gasteiger partial charge is 0.339 e. The van der Waals surface area contributed by atoms with E-state index in [1.165, 1.54) is 11.3 Å². The van der Waals surface area contributed by atoms with Crippen LogP contribution in [0.4, 0.5) is 0 Å². The Balaban J connectivity index is 2.22. The second-order valence-electron chi connectivity index (χ2n) is 4.54. The number of H-pyrrole nitrogens is 1. The van der Waals surface area contributed by atoms with Crippen LogP contribution in [0.25, 0.3) is 27.1 Å². The van der Waals surface area contributed by atoms with Gasteiger partial charge in [-0.3, -0.25) is 4.79 Å². The van der Waals surface area contributed by atoms with E-state index in [2.05, 4.69) is 15.1 Å². The van der Waals surface area contributed by atoms with Crippen molar-refractivity contribution in [2.45, 2.75) is 6.92 Å². The number of nitrogens with one attached hydrogen (secondary N) is 1. The van der Waals surface area contributed by atoms with Crippen LogP contribution in [0, 0.1) is 6.92 Å². The monoisotopic (exact) mass is 282 g/mol. The number of aromatic nitrogens is 4. The van der Waals surface area contributed by atoms with E-state index in [4.69, 9.17) is 0 Å². The van der Waals surface area contributed by atoms with E-state index in [0.29, 0.717) is 22.1 Å². The molecule has 1 N–H and O–H groups in total. The first-order valence-electron chi connectivity index (χ1n) is 6.16. The van der Waals surface area contributed by atoms with Crippen LogP contribution in [0.5, 0.6) is 0 Å². The van der Waals surface area contributed by atoms with Crippen LogP contribution in [0.2, 0.25) is 0 Å². The second-order valence-corrected chi connectivity index (χ2v) is 5.41. The number of para-hydroxylation sites is 1. The highest BCUT2D eigenvalue weighted by Gasteiger charge is 2.15. The van der Waals surface area contributed by atoms with Crippen LogP contribution in [-0.4, -0.2) is 19.7 Å². The lowest BCUT2D eigenvalue weighted by molar-refractivity contribution is 0.869. The van der Waals surface area contributed by atoms with Crippen molar-refractivity contribution >= 4 is 33.3 Å². The molecule has 4 rings (SSSR count). The fraction of sp³-hybridized carbons (Fsp3) is 0.0714. The topological polar surface area (TPSA) is 63.6 Å². The Labute approximate surface area is 117 Å². The van der Waals surface area contributed by atoms with Crippen molar-refractivity contribution in [2.75, 3.05) is 0 Å². The highest BCUT2D eigenvalue weighted by Crippen LogP contribution is 2.21. The lowest BCUT2D eigenvalue weighted by Crippen LogP contribution is -2.05. The highest BCUT2D eigenvalue weighted by molar-refractivity contribution is 7.12. The quantitative estimate of drug-likeness (QED) is 0.583. The number of rotatable bonds is 1. The van der Waals surface area contributed by atoms with Crippen molar-refractivity contribution in [1.29, 1.82) is 0 Å². The number of benzene rings is 1. The number of hydrogen-bond donors (Lipinski definition) is 1. The van der Waals surface area contributed by atoms with Gasteiger partial charge in [0.25, 0.3) is 0 Å². The Hall–Kier alpha value is -2.47. The minimum absolute atomic E-state index is 0.00894. The van der Waals surface area contributed by atoms with E-state index < -0.39 is 0 Å². The number of pyridine rings is 1. The standard InChI is InChI=1S/C14H10N4OS/c1-8-11-12(19)9-4-2-3-5-10(9)16-13(11)18(17-8)14-15-6-7-20-14/h2-7H,1H3,(H,16,19). The number of fused-ring (bicyclic) bond motifs is 2. The van der Waals surface area contributed by atoms with E-state index in [0.717, 1.165) is 10.6 Å². The Bertz CT molecular complexity index is 982. The normalized spacial score (nSPS) is 11.4. The van der Waals surface area contributed by atoms with E-state index in [1.807, 2.05) is 36.6 Å². The van der Waals surface area contributed by atoms with Gasteiger partial charge in [-0.1, -0.05) is 12.1 Å². The summed E-state index contributed by atoms with van der Waals surface area (Å²) in [5.74, 6) is 0. The maximum absolute atomic E-state index is 12.6. The van der Waals surface area contributed by atoms with Gasteiger partial charge in [-0.05, 0) is 19.1 Å². The van der Waals surface area contributed by atoms with E-state index >= 15 is 0 Å². The lowest BCUT2D eigenvalue weighted by Gasteiger charge is -2.01. The van der Waals surface area contributed by atoms with Crippen LogP contribution in [-0.2, 0) is 0 Å². The SMILES string of the molecule is Cc1nn(-c2nccs2)c2[nH]c3ccccc3c(=O)c12. The first kappa shape index (κ1) is 11.4. The molecule has 98 valence electrons. The van der Waals surface area contributed by atoms with Crippen LogP contribution < -0.4 is 5.43 Å². The van der Waals surface area contributed by atoms with Gasteiger partial charge in [0.1, 0.15) is 5.65 Å². The fourth-order valence-corrected chi connectivity index (χ4v) is 3.02. The maximum Gasteiger partial charge on any atom is 0.212 e. The summed E-state index contributed by atoms with van der Waals surface area (Å²) in [5.41, 5.74) is 2.22. The summed E-state index contributed by atoms with van der Waals surface area (Å²) in [5, 5.41) is 8.39. The summed E-state index contributed by atoms with van der Waals surface area (Å²) in [6.07, 6.45) is 1.72. The summed E-state index contributed by atoms with van der Waals surface area (Å²) in [7, 11) is 0. The Kier molecular flexibility index (Phi) is 2.28. The average molecular weight is 282 g/mol. The Morgan fingerprint density at radius 1 is 1.30 bits per heavy atom. The first-order valence-corrected chi connectivity index (χ1v) is 7.04. The van der Waals surface area contributed by atoms with Crippen molar-refractivity contribution in [1.82, 2.24) is 19.7 Å². The number of thiazole rings is 1. The molecule has 0 amide bonds. The average Bonchev–Trinajstić information content (AvgIpc) is 3.07. The molecule has 5 nitrogen and oxygen atoms in total. The van der Waals surface area contributed by atoms with Crippen molar-refractivity contribution < 1.29 is 0 Å². The third-order valence-corrected chi connectivity index (χ3v) is 4.06. The van der Waals surface area contributed by atoms with Gasteiger partial charge in [0.2, 0.25) is 10.6 Å². The van der Waals surface area contributed by atoms with Crippen molar-refractivity contribution in [3.05, 3.63) is 51.8 Å². The van der Waals surface area contributed by atoms with Gasteiger partial charge in [-0.25, -0.2) is 4.98 Å². The van der Waals surface area contributed by atoms with Crippen molar-refractivity contribution in [2.24, 2.45) is 0 Å². The molecule has 6 heteroatoms. The van der Waals surface area contributed by atoms with Gasteiger partial charge in [0.15, 0.2) is 0 Å². The Morgan fingerprint density at radius 3 is 2.95 bits per heavy atom. The molecule has 0 aliphatic carbocycles. The molecule has 4 aromatic rings. The smallest absolute Gasteiger partial charge is 0.212 e. The van der Waals surface area contributed by atoms with Gasteiger partial charge in [-0.15, -0.1) is 11.3 Å². The minimum atomic E-state index is 0.00894. The maximum atomic E-state index is 12.6. The number of aryl methyl sites for hydroxylation is 1. The fourth-order valence-electron chi connectivity index (χ4n) is 2.43. The molecule has 3 heterocycles. The van der Waals surface area contributed by atoms with Crippen LogP contribution >= 0.6 is 11.3 Å². The van der Waals surface area contributed by atoms with Gasteiger partial charge in [0, 0.05) is 17.0 Å². The Morgan fingerprint density at radius 2 is 2.15 bits per heavy atom. The molecule has 3 aromatic heterocycles. The summed E-state index contributed by atoms with van der Waals surface area (Å²) < 4.78 is 1.70. The zero-order valence-electron chi connectivity index (χ0n) is 10.6. The van der Waals surface area contributed by atoms with Gasteiger partial charge >= 0.3 is 0 Å². The van der Waals surface area contributed by atoms with E-state index in [9.17, 15) is 4.79 Å². The van der Waals surface area contributed by atoms with E-state index in [1.54, 1.807) is 10.9 Å².